The summed E-state index contributed by atoms with van der Waals surface area (Å²) < 4.78 is 22.6. The standard InChI is InChI=1S/C8H11O2PS/c1-7-2-4-8(5-3-7)12(9,10)6-11/h2-5H,6,11H2,1H3. The van der Waals surface area contributed by atoms with E-state index in [2.05, 4.69) is 9.24 Å². The molecule has 1 rings (SSSR count). The third-order valence-electron chi connectivity index (χ3n) is 1.60. The number of rotatable bonds is 2. The molecule has 4 heteroatoms. The van der Waals surface area contributed by atoms with Gasteiger partial charge in [0.15, 0.2) is 9.84 Å². The Labute approximate surface area is 75.1 Å². The highest BCUT2D eigenvalue weighted by Gasteiger charge is 2.09. The summed E-state index contributed by atoms with van der Waals surface area (Å²) in [5.74, 6) is 0. The van der Waals surface area contributed by atoms with Crippen molar-refractivity contribution >= 4 is 19.1 Å². The smallest absolute Gasteiger partial charge is 0.181 e. The van der Waals surface area contributed by atoms with Crippen molar-refractivity contribution in [2.75, 3.05) is 5.49 Å². The molecular formula is C8H11O2PS. The van der Waals surface area contributed by atoms with Gasteiger partial charge in [0.2, 0.25) is 0 Å². The van der Waals surface area contributed by atoms with Crippen molar-refractivity contribution in [2.45, 2.75) is 11.8 Å². The second-order valence-corrected chi connectivity index (χ2v) is 5.63. The van der Waals surface area contributed by atoms with Crippen LogP contribution in [0.25, 0.3) is 0 Å². The first-order chi connectivity index (χ1) is 5.56. The Bertz CT molecular complexity index is 353. The Hall–Kier alpha value is -0.400. The molecule has 1 aromatic carbocycles. The SMILES string of the molecule is Cc1ccc(S(=O)(=O)CP)cc1. The Morgan fingerprint density at radius 1 is 1.25 bits per heavy atom. The maximum Gasteiger partial charge on any atom is 0.181 e. The summed E-state index contributed by atoms with van der Waals surface area (Å²) in [5.41, 5.74) is 1.15. The number of sulfone groups is 1. The van der Waals surface area contributed by atoms with E-state index in [0.717, 1.165) is 5.56 Å². The molecule has 0 N–H and O–H groups in total. The highest BCUT2D eigenvalue weighted by molar-refractivity contribution is 7.94. The van der Waals surface area contributed by atoms with Crippen molar-refractivity contribution in [3.63, 3.8) is 0 Å². The van der Waals surface area contributed by atoms with Crippen LogP contribution < -0.4 is 0 Å². The van der Waals surface area contributed by atoms with Crippen LogP contribution in [0.5, 0.6) is 0 Å². The van der Waals surface area contributed by atoms with E-state index in [0.29, 0.717) is 4.90 Å². The molecule has 0 amide bonds. The summed E-state index contributed by atoms with van der Waals surface area (Å²) in [7, 11) is -0.831. The first-order valence-corrected chi connectivity index (χ1v) is 6.02. The zero-order chi connectivity index (χ0) is 9.19. The van der Waals surface area contributed by atoms with Gasteiger partial charge in [-0.3, -0.25) is 0 Å². The normalized spacial score (nSPS) is 11.5. The Morgan fingerprint density at radius 2 is 1.75 bits per heavy atom. The first-order valence-electron chi connectivity index (χ1n) is 3.56. The molecule has 66 valence electrons. The van der Waals surface area contributed by atoms with Crippen molar-refractivity contribution in [1.82, 2.24) is 0 Å². The van der Waals surface area contributed by atoms with E-state index in [-0.39, 0.29) is 5.49 Å². The molecule has 0 aliphatic heterocycles. The van der Waals surface area contributed by atoms with E-state index in [9.17, 15) is 8.42 Å². The number of benzene rings is 1. The molecule has 1 unspecified atom stereocenters. The maximum absolute atomic E-state index is 11.3. The summed E-state index contributed by atoms with van der Waals surface area (Å²) in [4.78, 5) is 0.392. The van der Waals surface area contributed by atoms with Crippen LogP contribution >= 0.6 is 9.24 Å². The molecule has 2 nitrogen and oxygen atoms in total. The Morgan fingerprint density at radius 3 is 2.17 bits per heavy atom. The van der Waals surface area contributed by atoms with E-state index in [1.807, 2.05) is 6.92 Å². The molecule has 0 fully saturated rings. The molecule has 0 saturated carbocycles. The second-order valence-electron chi connectivity index (χ2n) is 2.59. The molecule has 0 saturated heterocycles. The van der Waals surface area contributed by atoms with Gasteiger partial charge < -0.3 is 0 Å². The van der Waals surface area contributed by atoms with Crippen LogP contribution in [0.2, 0.25) is 0 Å². The Kier molecular flexibility index (Phi) is 2.86. The lowest BCUT2D eigenvalue weighted by molar-refractivity contribution is 0.601. The van der Waals surface area contributed by atoms with Crippen LogP contribution in [0.3, 0.4) is 0 Å². The summed E-state index contributed by atoms with van der Waals surface area (Å²) >= 11 is 0. The molecule has 0 heterocycles. The molecule has 0 radical (unpaired) electrons. The topological polar surface area (TPSA) is 34.1 Å². The van der Waals surface area contributed by atoms with Gasteiger partial charge in [0.05, 0.1) is 10.4 Å². The predicted molar refractivity (Wildman–Crippen MR) is 52.9 cm³/mol. The second kappa shape index (κ2) is 3.55. The van der Waals surface area contributed by atoms with Gasteiger partial charge in [-0.2, -0.15) is 0 Å². The van der Waals surface area contributed by atoms with E-state index in [4.69, 9.17) is 0 Å². The van der Waals surface area contributed by atoms with E-state index in [1.165, 1.54) is 0 Å². The molecule has 0 aliphatic carbocycles. The third-order valence-corrected chi connectivity index (χ3v) is 4.35. The highest BCUT2D eigenvalue weighted by atomic mass is 32.2. The molecule has 0 spiro atoms. The van der Waals surface area contributed by atoms with Gasteiger partial charge in [-0.25, -0.2) is 8.42 Å². The van der Waals surface area contributed by atoms with Crippen molar-refractivity contribution in [1.29, 1.82) is 0 Å². The third kappa shape index (κ3) is 2.05. The molecule has 0 bridgehead atoms. The van der Waals surface area contributed by atoms with Crippen LogP contribution in [0.15, 0.2) is 29.2 Å². The van der Waals surface area contributed by atoms with E-state index in [1.54, 1.807) is 24.3 Å². The molecule has 1 atom stereocenters. The van der Waals surface area contributed by atoms with Gasteiger partial charge in [0, 0.05) is 0 Å². The fraction of sp³-hybridized carbons (Fsp3) is 0.250. The minimum Gasteiger partial charge on any atom is -0.223 e. The monoisotopic (exact) mass is 202 g/mol. The van der Waals surface area contributed by atoms with Crippen LogP contribution in [-0.4, -0.2) is 13.9 Å². The molecule has 1 aromatic rings. The van der Waals surface area contributed by atoms with Gasteiger partial charge in [-0.05, 0) is 19.1 Å². The average Bonchev–Trinajstić information content (AvgIpc) is 2.05. The molecule has 12 heavy (non-hydrogen) atoms. The summed E-state index contributed by atoms with van der Waals surface area (Å²) in [6.45, 7) is 1.93. The van der Waals surface area contributed by atoms with Gasteiger partial charge in [-0.1, -0.05) is 17.7 Å². The highest BCUT2D eigenvalue weighted by Crippen LogP contribution is 2.13. The van der Waals surface area contributed by atoms with Gasteiger partial charge in [0.1, 0.15) is 0 Å². The lowest BCUT2D eigenvalue weighted by Gasteiger charge is -2.00. The van der Waals surface area contributed by atoms with Gasteiger partial charge in [-0.15, -0.1) is 9.24 Å². The number of hydrogen-bond donors (Lipinski definition) is 0. The largest absolute Gasteiger partial charge is 0.223 e. The summed E-state index contributed by atoms with van der Waals surface area (Å²) in [5, 5.41) is 0. The maximum atomic E-state index is 11.3. The minimum absolute atomic E-state index is 0.0794. The van der Waals surface area contributed by atoms with E-state index < -0.39 is 9.84 Å². The van der Waals surface area contributed by atoms with Crippen molar-refractivity contribution in [2.24, 2.45) is 0 Å². The predicted octanol–water partition coefficient (Wildman–Crippen LogP) is 1.60. The molecular weight excluding hydrogens is 191 g/mol. The van der Waals surface area contributed by atoms with Crippen molar-refractivity contribution in [3.8, 4) is 0 Å². The van der Waals surface area contributed by atoms with E-state index >= 15 is 0 Å². The zero-order valence-corrected chi connectivity index (χ0v) is 8.79. The van der Waals surface area contributed by atoms with Crippen LogP contribution in [0.4, 0.5) is 0 Å². The average molecular weight is 202 g/mol. The fourth-order valence-electron chi connectivity index (χ4n) is 0.842. The summed E-state index contributed by atoms with van der Waals surface area (Å²) in [6.07, 6.45) is 0. The lowest BCUT2D eigenvalue weighted by atomic mass is 10.2. The molecule has 0 aliphatic rings. The van der Waals surface area contributed by atoms with Gasteiger partial charge in [0.25, 0.3) is 0 Å². The van der Waals surface area contributed by atoms with Crippen molar-refractivity contribution < 1.29 is 8.42 Å². The number of aryl methyl sites for hydroxylation is 1. The summed E-state index contributed by atoms with van der Waals surface area (Å²) in [6, 6.07) is 6.86. The first kappa shape index (κ1) is 9.69. The number of hydrogen-bond acceptors (Lipinski definition) is 2. The van der Waals surface area contributed by atoms with Gasteiger partial charge >= 0.3 is 0 Å². The van der Waals surface area contributed by atoms with Crippen LogP contribution in [0, 0.1) is 6.92 Å². The lowest BCUT2D eigenvalue weighted by Crippen LogP contribution is -2.00. The Balaban J connectivity index is 3.14. The van der Waals surface area contributed by atoms with Crippen molar-refractivity contribution in [3.05, 3.63) is 29.8 Å². The van der Waals surface area contributed by atoms with Crippen LogP contribution in [-0.2, 0) is 9.84 Å². The molecule has 0 aromatic heterocycles. The van der Waals surface area contributed by atoms with Crippen LogP contribution in [0.1, 0.15) is 5.56 Å². The fourth-order valence-corrected chi connectivity index (χ4v) is 2.16. The quantitative estimate of drug-likeness (QED) is 0.682. The zero-order valence-electron chi connectivity index (χ0n) is 6.82. The minimum atomic E-state index is -3.05.